The van der Waals surface area contributed by atoms with E-state index in [4.69, 9.17) is 9.47 Å². The van der Waals surface area contributed by atoms with Crippen LogP contribution in [-0.4, -0.2) is 38.1 Å². The Morgan fingerprint density at radius 2 is 2.00 bits per heavy atom. The molecule has 0 spiro atoms. The van der Waals surface area contributed by atoms with E-state index >= 15 is 0 Å². The Morgan fingerprint density at radius 1 is 1.29 bits per heavy atom. The summed E-state index contributed by atoms with van der Waals surface area (Å²) in [7, 11) is 3.47. The number of benzene rings is 1. The first-order valence-electron chi connectivity index (χ1n) is 7.36. The molecule has 1 aromatic rings. The number of hydrogen-bond acceptors (Lipinski definition) is 3. The Hall–Kier alpha value is -1.97. The van der Waals surface area contributed by atoms with Gasteiger partial charge in [0.15, 0.2) is 0 Å². The largest absolute Gasteiger partial charge is 0.497 e. The van der Waals surface area contributed by atoms with Crippen molar-refractivity contribution in [2.45, 2.75) is 19.3 Å². The molecule has 1 aliphatic carbocycles. The lowest BCUT2D eigenvalue weighted by atomic mass is 10.0. The van der Waals surface area contributed by atoms with Crippen molar-refractivity contribution in [1.29, 1.82) is 0 Å². The maximum atomic E-state index is 12.0. The van der Waals surface area contributed by atoms with Crippen molar-refractivity contribution in [1.82, 2.24) is 4.90 Å². The number of nitrogens with zero attached hydrogens (tertiary/aromatic N) is 1. The average molecular weight is 289 g/mol. The van der Waals surface area contributed by atoms with E-state index in [1.165, 1.54) is 0 Å². The number of hydrogen-bond donors (Lipinski definition) is 0. The fraction of sp³-hybridized carbons (Fsp3) is 0.471. The predicted molar refractivity (Wildman–Crippen MR) is 82.6 cm³/mol. The highest BCUT2D eigenvalue weighted by molar-refractivity contribution is 5.76. The van der Waals surface area contributed by atoms with Crippen LogP contribution in [0.2, 0.25) is 0 Å². The van der Waals surface area contributed by atoms with Gasteiger partial charge in [-0.1, -0.05) is 12.2 Å². The molecule has 4 heteroatoms. The fourth-order valence-corrected chi connectivity index (χ4v) is 2.34. The van der Waals surface area contributed by atoms with E-state index in [1.54, 1.807) is 12.0 Å². The minimum absolute atomic E-state index is 0.185. The van der Waals surface area contributed by atoms with Gasteiger partial charge in [-0.2, -0.15) is 0 Å². The highest BCUT2D eigenvalue weighted by atomic mass is 16.5. The van der Waals surface area contributed by atoms with Crippen LogP contribution < -0.4 is 9.47 Å². The molecule has 1 atom stereocenters. The predicted octanol–water partition coefficient (Wildman–Crippen LogP) is 2.89. The third-order valence-corrected chi connectivity index (χ3v) is 3.73. The summed E-state index contributed by atoms with van der Waals surface area (Å²) in [6.07, 6.45) is 7.12. The van der Waals surface area contributed by atoms with Crippen molar-refractivity contribution in [2.24, 2.45) is 5.92 Å². The number of allylic oxidation sites excluding steroid dienone is 2. The fourth-order valence-electron chi connectivity index (χ4n) is 2.34. The molecule has 1 amide bonds. The topological polar surface area (TPSA) is 38.8 Å². The molecule has 1 aromatic carbocycles. The molecule has 2 rings (SSSR count). The van der Waals surface area contributed by atoms with Gasteiger partial charge in [0.2, 0.25) is 5.91 Å². The molecule has 0 saturated carbocycles. The lowest BCUT2D eigenvalue weighted by molar-refractivity contribution is -0.130. The Kier molecular flexibility index (Phi) is 5.67. The monoisotopic (exact) mass is 289 g/mol. The first kappa shape index (κ1) is 15.4. The van der Waals surface area contributed by atoms with E-state index in [0.29, 0.717) is 25.5 Å². The third-order valence-electron chi connectivity index (χ3n) is 3.73. The first-order valence-corrected chi connectivity index (χ1v) is 7.36. The van der Waals surface area contributed by atoms with E-state index in [2.05, 4.69) is 12.2 Å². The number of methoxy groups -OCH3 is 1. The number of carbonyl (C=O) groups is 1. The number of rotatable bonds is 7. The molecule has 0 bridgehead atoms. The van der Waals surface area contributed by atoms with Gasteiger partial charge in [-0.15, -0.1) is 0 Å². The summed E-state index contributed by atoms with van der Waals surface area (Å²) in [5, 5.41) is 0. The second kappa shape index (κ2) is 7.72. The summed E-state index contributed by atoms with van der Waals surface area (Å²) in [6, 6.07) is 7.45. The lowest BCUT2D eigenvalue weighted by Gasteiger charge is -2.19. The molecule has 114 valence electrons. The molecular weight excluding hydrogens is 266 g/mol. The van der Waals surface area contributed by atoms with Gasteiger partial charge in [-0.25, -0.2) is 0 Å². The van der Waals surface area contributed by atoms with Gasteiger partial charge in [0.05, 0.1) is 13.7 Å². The summed E-state index contributed by atoms with van der Waals surface area (Å²) < 4.78 is 10.7. The van der Waals surface area contributed by atoms with Crippen molar-refractivity contribution in [3.8, 4) is 11.5 Å². The van der Waals surface area contributed by atoms with Crippen molar-refractivity contribution in [3.05, 3.63) is 36.4 Å². The van der Waals surface area contributed by atoms with Gasteiger partial charge in [0.25, 0.3) is 0 Å². The van der Waals surface area contributed by atoms with Crippen LogP contribution >= 0.6 is 0 Å². The maximum Gasteiger partial charge on any atom is 0.223 e. The maximum absolute atomic E-state index is 12.0. The SMILES string of the molecule is COc1ccc(OCCN(C)C(=O)CC2C=CCC2)cc1. The van der Waals surface area contributed by atoms with Crippen LogP contribution in [0.4, 0.5) is 0 Å². The minimum Gasteiger partial charge on any atom is -0.497 e. The lowest BCUT2D eigenvalue weighted by Crippen LogP contribution is -2.31. The van der Waals surface area contributed by atoms with Gasteiger partial charge in [-0.05, 0) is 43.0 Å². The van der Waals surface area contributed by atoms with Crippen molar-refractivity contribution in [3.63, 3.8) is 0 Å². The highest BCUT2D eigenvalue weighted by Crippen LogP contribution is 2.21. The Labute approximate surface area is 126 Å². The first-order chi connectivity index (χ1) is 10.2. The zero-order chi connectivity index (χ0) is 15.1. The Bertz CT molecular complexity index is 481. The van der Waals surface area contributed by atoms with E-state index in [0.717, 1.165) is 24.3 Å². The number of ether oxygens (including phenoxy) is 2. The molecule has 0 radical (unpaired) electrons. The van der Waals surface area contributed by atoms with E-state index in [-0.39, 0.29) is 5.91 Å². The number of carbonyl (C=O) groups excluding carboxylic acids is 1. The Morgan fingerprint density at radius 3 is 2.62 bits per heavy atom. The van der Waals surface area contributed by atoms with Crippen LogP contribution in [0.25, 0.3) is 0 Å². The highest BCUT2D eigenvalue weighted by Gasteiger charge is 2.16. The van der Waals surface area contributed by atoms with Crippen LogP contribution in [0.5, 0.6) is 11.5 Å². The molecule has 0 heterocycles. The number of likely N-dealkylation sites (N-methyl/N-ethyl adjacent to an activating group) is 1. The van der Waals surface area contributed by atoms with Gasteiger partial charge in [-0.3, -0.25) is 4.79 Å². The molecule has 0 aromatic heterocycles. The van der Waals surface area contributed by atoms with Gasteiger partial charge in [0.1, 0.15) is 18.1 Å². The van der Waals surface area contributed by atoms with Crippen molar-refractivity contribution >= 4 is 5.91 Å². The van der Waals surface area contributed by atoms with Crippen LogP contribution in [0.1, 0.15) is 19.3 Å². The second-order valence-electron chi connectivity index (χ2n) is 5.31. The van der Waals surface area contributed by atoms with Gasteiger partial charge >= 0.3 is 0 Å². The van der Waals surface area contributed by atoms with E-state index in [1.807, 2.05) is 31.3 Å². The molecule has 0 aliphatic heterocycles. The van der Waals surface area contributed by atoms with Gasteiger partial charge < -0.3 is 14.4 Å². The van der Waals surface area contributed by atoms with E-state index in [9.17, 15) is 4.79 Å². The normalized spacial score (nSPS) is 16.8. The zero-order valence-electron chi connectivity index (χ0n) is 12.7. The summed E-state index contributed by atoms with van der Waals surface area (Å²) in [5.74, 6) is 2.20. The summed E-state index contributed by atoms with van der Waals surface area (Å²) >= 11 is 0. The molecule has 0 N–H and O–H groups in total. The molecular formula is C17H23NO3. The third kappa shape index (κ3) is 4.81. The van der Waals surface area contributed by atoms with E-state index < -0.39 is 0 Å². The van der Waals surface area contributed by atoms with Crippen molar-refractivity contribution < 1.29 is 14.3 Å². The molecule has 4 nitrogen and oxygen atoms in total. The summed E-state index contributed by atoms with van der Waals surface area (Å²) in [6.45, 7) is 1.09. The molecule has 0 fully saturated rings. The van der Waals surface area contributed by atoms with Crippen LogP contribution in [0.3, 0.4) is 0 Å². The standard InChI is InChI=1S/C17H23NO3/c1-18(17(19)13-14-5-3-4-6-14)11-12-21-16-9-7-15(20-2)8-10-16/h3,5,7-10,14H,4,6,11-13H2,1-2H3. The van der Waals surface area contributed by atoms with Crippen LogP contribution in [0.15, 0.2) is 36.4 Å². The summed E-state index contributed by atoms with van der Waals surface area (Å²) in [5.41, 5.74) is 0. The molecule has 1 aliphatic rings. The zero-order valence-corrected chi connectivity index (χ0v) is 12.7. The smallest absolute Gasteiger partial charge is 0.223 e. The molecule has 0 saturated heterocycles. The molecule has 1 unspecified atom stereocenters. The average Bonchev–Trinajstić information content (AvgIpc) is 3.00. The number of amides is 1. The van der Waals surface area contributed by atoms with Crippen LogP contribution in [-0.2, 0) is 4.79 Å². The minimum atomic E-state index is 0.185. The van der Waals surface area contributed by atoms with Crippen molar-refractivity contribution in [2.75, 3.05) is 27.3 Å². The second-order valence-corrected chi connectivity index (χ2v) is 5.31. The summed E-state index contributed by atoms with van der Waals surface area (Å²) in [4.78, 5) is 13.8. The van der Waals surface area contributed by atoms with Gasteiger partial charge in [0, 0.05) is 13.5 Å². The Balaban J connectivity index is 1.69. The van der Waals surface area contributed by atoms with Crippen LogP contribution in [0, 0.1) is 5.92 Å². The molecule has 21 heavy (non-hydrogen) atoms. The quantitative estimate of drug-likeness (QED) is 0.725.